The van der Waals surface area contributed by atoms with Crippen molar-refractivity contribution in [3.05, 3.63) is 82.9 Å². The Morgan fingerprint density at radius 1 is 0.926 bits per heavy atom. The molecule has 0 heterocycles. The molecule has 3 aromatic carbocycles. The van der Waals surface area contributed by atoms with Crippen LogP contribution in [0.1, 0.15) is 28.8 Å². The topological polar surface area (TPSA) is 35.5 Å². The van der Waals surface area contributed by atoms with Gasteiger partial charge in [-0.25, -0.2) is 0 Å². The number of carbonyl (C=O) groups excluding carboxylic acids is 1. The molecule has 0 amide bonds. The lowest BCUT2D eigenvalue weighted by Crippen LogP contribution is -1.99. The summed E-state index contributed by atoms with van der Waals surface area (Å²) in [6.45, 7) is 0.403. The summed E-state index contributed by atoms with van der Waals surface area (Å²) in [4.78, 5) is 11.4. The van der Waals surface area contributed by atoms with Crippen molar-refractivity contribution in [2.45, 2.75) is 25.6 Å². The summed E-state index contributed by atoms with van der Waals surface area (Å²) in [5, 5.41) is 0.589. The van der Waals surface area contributed by atoms with E-state index >= 15 is 0 Å². The predicted octanol–water partition coefficient (Wildman–Crippen LogP) is 5.94. The molecule has 1 aliphatic rings. The normalized spacial score (nSPS) is 13.2. The summed E-state index contributed by atoms with van der Waals surface area (Å²) in [6, 6.07) is 21.2. The number of rotatable bonds is 7. The van der Waals surface area contributed by atoms with Gasteiger partial charge in [0, 0.05) is 0 Å². The molecule has 0 atom stereocenters. The molecule has 0 aliphatic heterocycles. The Morgan fingerprint density at radius 3 is 2.37 bits per heavy atom. The number of aldehydes is 1. The summed E-state index contributed by atoms with van der Waals surface area (Å²) in [7, 11) is 0. The summed E-state index contributed by atoms with van der Waals surface area (Å²) < 4.78 is 11.7. The third-order valence-electron chi connectivity index (χ3n) is 4.46. The molecule has 0 radical (unpaired) electrons. The number of hydrogen-bond acceptors (Lipinski definition) is 3. The lowest BCUT2D eigenvalue weighted by Gasteiger charge is -2.12. The van der Waals surface area contributed by atoms with Crippen LogP contribution in [0.15, 0.2) is 66.7 Å². The van der Waals surface area contributed by atoms with Crippen molar-refractivity contribution in [2.24, 2.45) is 0 Å². The monoisotopic (exact) mass is 378 g/mol. The van der Waals surface area contributed by atoms with Gasteiger partial charge in [-0.1, -0.05) is 54.1 Å². The molecule has 0 unspecified atom stereocenters. The van der Waals surface area contributed by atoms with E-state index in [0.717, 1.165) is 35.8 Å². The standard InChI is InChI=1S/C23H19ClO3/c24-21-12-17(8-11-22(21)27-20-9-10-20)18-6-7-19(14-25)23(13-18)26-15-16-4-2-1-3-5-16/h1-8,11-14,20H,9-10,15H2. The van der Waals surface area contributed by atoms with Crippen LogP contribution < -0.4 is 9.47 Å². The lowest BCUT2D eigenvalue weighted by molar-refractivity contribution is 0.111. The Balaban J connectivity index is 1.57. The average Bonchev–Trinajstić information content (AvgIpc) is 3.52. The molecular weight excluding hydrogens is 360 g/mol. The van der Waals surface area contributed by atoms with Gasteiger partial charge in [0.1, 0.15) is 18.1 Å². The zero-order valence-electron chi connectivity index (χ0n) is 14.7. The SMILES string of the molecule is O=Cc1ccc(-c2ccc(OC3CC3)c(Cl)c2)cc1OCc1ccccc1. The smallest absolute Gasteiger partial charge is 0.153 e. The second-order valence-corrected chi connectivity index (χ2v) is 7.01. The molecule has 0 aromatic heterocycles. The van der Waals surface area contributed by atoms with E-state index in [2.05, 4.69) is 0 Å². The van der Waals surface area contributed by atoms with Crippen molar-refractivity contribution < 1.29 is 14.3 Å². The largest absolute Gasteiger partial charge is 0.489 e. The lowest BCUT2D eigenvalue weighted by atomic mass is 10.0. The van der Waals surface area contributed by atoms with Gasteiger partial charge in [0.2, 0.25) is 0 Å². The molecule has 1 saturated carbocycles. The van der Waals surface area contributed by atoms with Crippen molar-refractivity contribution in [3.63, 3.8) is 0 Å². The number of hydrogen-bond donors (Lipinski definition) is 0. The van der Waals surface area contributed by atoms with E-state index in [1.54, 1.807) is 6.07 Å². The Morgan fingerprint density at radius 2 is 1.67 bits per heavy atom. The van der Waals surface area contributed by atoms with Crippen molar-refractivity contribution >= 4 is 17.9 Å². The quantitative estimate of drug-likeness (QED) is 0.477. The van der Waals surface area contributed by atoms with Gasteiger partial charge in [-0.2, -0.15) is 0 Å². The molecule has 1 fully saturated rings. The molecule has 0 N–H and O–H groups in total. The molecule has 3 aromatic rings. The van der Waals surface area contributed by atoms with Gasteiger partial charge >= 0.3 is 0 Å². The van der Waals surface area contributed by atoms with Gasteiger partial charge in [0.15, 0.2) is 6.29 Å². The third-order valence-corrected chi connectivity index (χ3v) is 4.76. The van der Waals surface area contributed by atoms with E-state index in [4.69, 9.17) is 21.1 Å². The maximum absolute atomic E-state index is 11.4. The first-order chi connectivity index (χ1) is 13.2. The highest BCUT2D eigenvalue weighted by molar-refractivity contribution is 6.32. The third kappa shape index (κ3) is 4.32. The first-order valence-corrected chi connectivity index (χ1v) is 9.33. The molecule has 3 nitrogen and oxygen atoms in total. The minimum absolute atomic E-state index is 0.304. The average molecular weight is 379 g/mol. The number of ether oxygens (including phenoxy) is 2. The van der Waals surface area contributed by atoms with Crippen LogP contribution in [-0.2, 0) is 6.61 Å². The Bertz CT molecular complexity index is 949. The second-order valence-electron chi connectivity index (χ2n) is 6.61. The van der Waals surface area contributed by atoms with Crippen LogP contribution in [0, 0.1) is 0 Å². The maximum atomic E-state index is 11.4. The molecule has 0 spiro atoms. The van der Waals surface area contributed by atoms with Crippen LogP contribution in [0.2, 0.25) is 5.02 Å². The molecule has 4 rings (SSSR count). The molecule has 0 saturated heterocycles. The minimum Gasteiger partial charge on any atom is -0.489 e. The summed E-state index contributed by atoms with van der Waals surface area (Å²) >= 11 is 6.38. The van der Waals surface area contributed by atoms with E-state index in [0.29, 0.717) is 34.8 Å². The fourth-order valence-electron chi connectivity index (χ4n) is 2.81. The van der Waals surface area contributed by atoms with E-state index in [-0.39, 0.29) is 0 Å². The Hall–Kier alpha value is -2.78. The summed E-state index contributed by atoms with van der Waals surface area (Å²) in [6.07, 6.45) is 3.29. The van der Waals surface area contributed by atoms with E-state index < -0.39 is 0 Å². The van der Waals surface area contributed by atoms with Crippen LogP contribution in [-0.4, -0.2) is 12.4 Å². The van der Waals surface area contributed by atoms with Crippen LogP contribution in [0.3, 0.4) is 0 Å². The molecule has 27 heavy (non-hydrogen) atoms. The van der Waals surface area contributed by atoms with Gasteiger partial charge in [0.25, 0.3) is 0 Å². The van der Waals surface area contributed by atoms with Crippen molar-refractivity contribution in [3.8, 4) is 22.6 Å². The Labute approximate surface area is 163 Å². The van der Waals surface area contributed by atoms with Crippen molar-refractivity contribution in [1.29, 1.82) is 0 Å². The summed E-state index contributed by atoms with van der Waals surface area (Å²) in [5.41, 5.74) is 3.45. The predicted molar refractivity (Wildman–Crippen MR) is 107 cm³/mol. The fourth-order valence-corrected chi connectivity index (χ4v) is 3.04. The van der Waals surface area contributed by atoms with Gasteiger partial charge in [-0.15, -0.1) is 0 Å². The molecular formula is C23H19ClO3. The highest BCUT2D eigenvalue weighted by Gasteiger charge is 2.24. The number of benzene rings is 3. The van der Waals surface area contributed by atoms with Gasteiger partial charge < -0.3 is 9.47 Å². The van der Waals surface area contributed by atoms with Crippen LogP contribution in [0.5, 0.6) is 11.5 Å². The molecule has 1 aliphatic carbocycles. The highest BCUT2D eigenvalue weighted by Crippen LogP contribution is 2.36. The maximum Gasteiger partial charge on any atom is 0.153 e. The van der Waals surface area contributed by atoms with Crippen molar-refractivity contribution in [1.82, 2.24) is 0 Å². The Kier molecular flexibility index (Phi) is 5.12. The van der Waals surface area contributed by atoms with Crippen LogP contribution in [0.25, 0.3) is 11.1 Å². The molecule has 4 heteroatoms. The van der Waals surface area contributed by atoms with Gasteiger partial charge in [-0.3, -0.25) is 4.79 Å². The highest BCUT2D eigenvalue weighted by atomic mass is 35.5. The number of halogens is 1. The minimum atomic E-state index is 0.304. The van der Waals surface area contributed by atoms with E-state index in [9.17, 15) is 4.79 Å². The first kappa shape index (κ1) is 17.6. The van der Waals surface area contributed by atoms with E-state index in [1.807, 2.05) is 60.7 Å². The summed E-state index contributed by atoms with van der Waals surface area (Å²) in [5.74, 6) is 1.27. The zero-order valence-corrected chi connectivity index (χ0v) is 15.5. The fraction of sp³-hybridized carbons (Fsp3) is 0.174. The van der Waals surface area contributed by atoms with Gasteiger partial charge in [-0.05, 0) is 53.8 Å². The van der Waals surface area contributed by atoms with Crippen molar-refractivity contribution in [2.75, 3.05) is 0 Å². The first-order valence-electron chi connectivity index (χ1n) is 8.95. The number of carbonyl (C=O) groups is 1. The van der Waals surface area contributed by atoms with E-state index in [1.165, 1.54) is 0 Å². The zero-order chi connectivity index (χ0) is 18.6. The second kappa shape index (κ2) is 7.85. The van der Waals surface area contributed by atoms with Crippen LogP contribution >= 0.6 is 11.6 Å². The van der Waals surface area contributed by atoms with Crippen LogP contribution in [0.4, 0.5) is 0 Å². The molecule has 136 valence electrons. The molecule has 0 bridgehead atoms. The van der Waals surface area contributed by atoms with Gasteiger partial charge in [0.05, 0.1) is 16.7 Å².